The quantitative estimate of drug-likeness (QED) is 0.0834. The number of ether oxygens (including phenoxy) is 5. The van der Waals surface area contributed by atoms with Gasteiger partial charge in [-0.05, 0) is 26.3 Å². The van der Waals surface area contributed by atoms with E-state index in [2.05, 4.69) is 30.6 Å². The van der Waals surface area contributed by atoms with Crippen molar-refractivity contribution in [2.45, 2.75) is 110 Å². The third-order valence-electron chi connectivity index (χ3n) is 7.53. The van der Waals surface area contributed by atoms with Gasteiger partial charge in [0.2, 0.25) is 0 Å². The van der Waals surface area contributed by atoms with Crippen molar-refractivity contribution < 1.29 is 28.5 Å². The molecular formula is C32H64N2O6. The number of esters is 1. The zero-order valence-corrected chi connectivity index (χ0v) is 26.5. The average molecular weight is 573 g/mol. The molecule has 0 radical (unpaired) electrons. The number of piperazine rings is 1. The summed E-state index contributed by atoms with van der Waals surface area (Å²) in [5.74, 6) is -0.148. The maximum absolute atomic E-state index is 12.0. The molecule has 8 heteroatoms. The number of hydrogen-bond donors (Lipinski definition) is 0. The Labute approximate surface area is 246 Å². The second kappa shape index (κ2) is 28.4. The first-order valence-corrected chi connectivity index (χ1v) is 16.6. The lowest BCUT2D eigenvalue weighted by atomic mass is 10.1. The van der Waals surface area contributed by atoms with E-state index in [1.807, 2.05) is 0 Å². The van der Waals surface area contributed by atoms with Crippen LogP contribution in [0.1, 0.15) is 104 Å². The van der Waals surface area contributed by atoms with Crippen LogP contribution in [0.3, 0.4) is 0 Å². The van der Waals surface area contributed by atoms with E-state index in [0.717, 1.165) is 39.2 Å². The highest BCUT2D eigenvalue weighted by atomic mass is 16.6. The van der Waals surface area contributed by atoms with Crippen molar-refractivity contribution >= 4 is 5.97 Å². The highest BCUT2D eigenvalue weighted by Gasteiger charge is 2.23. The summed E-state index contributed by atoms with van der Waals surface area (Å²) in [6, 6.07) is 0.552. The van der Waals surface area contributed by atoms with Gasteiger partial charge in [0.1, 0.15) is 6.61 Å². The van der Waals surface area contributed by atoms with Gasteiger partial charge in [0.05, 0.1) is 52.7 Å². The Bertz CT molecular complexity index is 553. The molecule has 1 saturated heterocycles. The molecule has 0 amide bonds. The van der Waals surface area contributed by atoms with Crippen molar-refractivity contribution in [2.24, 2.45) is 0 Å². The maximum atomic E-state index is 12.0. The fourth-order valence-corrected chi connectivity index (χ4v) is 4.96. The number of carbonyl (C=O) groups excluding carboxylic acids is 1. The summed E-state index contributed by atoms with van der Waals surface area (Å²) in [4.78, 5) is 17.0. The summed E-state index contributed by atoms with van der Waals surface area (Å²) in [6.07, 6.45) is 16.4. The van der Waals surface area contributed by atoms with Gasteiger partial charge in [-0.15, -0.1) is 0 Å². The van der Waals surface area contributed by atoms with Crippen LogP contribution in [0.4, 0.5) is 0 Å². The minimum Gasteiger partial charge on any atom is -0.463 e. The molecule has 1 fully saturated rings. The van der Waals surface area contributed by atoms with Crippen LogP contribution in [-0.2, 0) is 28.5 Å². The Hall–Kier alpha value is -0.770. The monoisotopic (exact) mass is 572 g/mol. The van der Waals surface area contributed by atoms with Crippen LogP contribution in [0, 0.1) is 0 Å². The molecule has 40 heavy (non-hydrogen) atoms. The van der Waals surface area contributed by atoms with Crippen LogP contribution in [0.15, 0.2) is 0 Å². The third kappa shape index (κ3) is 22.9. The number of carbonyl (C=O) groups is 1. The molecule has 1 aliphatic heterocycles. The molecule has 1 heterocycles. The van der Waals surface area contributed by atoms with Crippen LogP contribution < -0.4 is 0 Å². The van der Waals surface area contributed by atoms with E-state index in [9.17, 15) is 4.79 Å². The van der Waals surface area contributed by atoms with E-state index in [1.54, 1.807) is 0 Å². The fourth-order valence-electron chi connectivity index (χ4n) is 4.96. The molecule has 0 N–H and O–H groups in total. The SMILES string of the molecule is CCCCCCCCCCCCOCCOCCOCCOCCOC(=O)CCN1CCN(CCCC)C(C)C1. The van der Waals surface area contributed by atoms with E-state index >= 15 is 0 Å². The van der Waals surface area contributed by atoms with Crippen LogP contribution in [-0.4, -0.2) is 114 Å². The van der Waals surface area contributed by atoms with Gasteiger partial charge in [-0.1, -0.05) is 78.1 Å². The fraction of sp³-hybridized carbons (Fsp3) is 0.969. The molecule has 1 rings (SSSR count). The molecule has 1 unspecified atom stereocenters. The Morgan fingerprint density at radius 1 is 0.600 bits per heavy atom. The third-order valence-corrected chi connectivity index (χ3v) is 7.53. The lowest BCUT2D eigenvalue weighted by Crippen LogP contribution is -2.52. The molecule has 1 aliphatic rings. The van der Waals surface area contributed by atoms with Crippen molar-refractivity contribution in [2.75, 3.05) is 92.2 Å². The largest absolute Gasteiger partial charge is 0.463 e. The first-order chi connectivity index (χ1) is 19.7. The molecule has 0 saturated carbocycles. The highest BCUT2D eigenvalue weighted by Crippen LogP contribution is 2.12. The molecular weight excluding hydrogens is 508 g/mol. The van der Waals surface area contributed by atoms with Crippen LogP contribution in [0.25, 0.3) is 0 Å². The summed E-state index contributed by atoms with van der Waals surface area (Å²) in [7, 11) is 0. The van der Waals surface area contributed by atoms with E-state index in [-0.39, 0.29) is 5.97 Å². The van der Waals surface area contributed by atoms with Crippen LogP contribution in [0.5, 0.6) is 0 Å². The van der Waals surface area contributed by atoms with Gasteiger partial charge in [0.25, 0.3) is 0 Å². The van der Waals surface area contributed by atoms with E-state index in [1.165, 1.54) is 77.2 Å². The molecule has 1 atom stereocenters. The molecule has 238 valence electrons. The molecule has 0 aromatic heterocycles. The smallest absolute Gasteiger partial charge is 0.307 e. The number of rotatable bonds is 29. The number of nitrogens with zero attached hydrogens (tertiary/aromatic N) is 2. The zero-order chi connectivity index (χ0) is 28.9. The summed E-state index contributed by atoms with van der Waals surface area (Å²) >= 11 is 0. The van der Waals surface area contributed by atoms with E-state index in [4.69, 9.17) is 23.7 Å². The van der Waals surface area contributed by atoms with Gasteiger partial charge >= 0.3 is 5.97 Å². The topological polar surface area (TPSA) is 69.7 Å². The second-order valence-electron chi connectivity index (χ2n) is 11.1. The maximum Gasteiger partial charge on any atom is 0.307 e. The predicted octanol–water partition coefficient (Wildman–Crippen LogP) is 5.71. The lowest BCUT2D eigenvalue weighted by molar-refractivity contribution is -0.145. The molecule has 0 spiro atoms. The Kier molecular flexibility index (Phi) is 26.4. The van der Waals surface area contributed by atoms with Gasteiger partial charge < -0.3 is 23.7 Å². The highest BCUT2D eigenvalue weighted by molar-refractivity contribution is 5.69. The normalized spacial score (nSPS) is 16.5. The Morgan fingerprint density at radius 2 is 1.10 bits per heavy atom. The molecule has 0 aliphatic carbocycles. The summed E-state index contributed by atoms with van der Waals surface area (Å²) in [6.45, 7) is 16.8. The second-order valence-corrected chi connectivity index (χ2v) is 11.1. The minimum absolute atomic E-state index is 0.148. The standard InChI is InChI=1S/C32H64N2O6/c1-4-6-8-9-10-11-12-13-14-15-21-36-22-23-37-24-25-38-26-27-39-28-29-40-32(35)16-18-33-19-20-34(17-7-5-2)31(3)30-33/h31H,4-30H2,1-3H3. The predicted molar refractivity (Wildman–Crippen MR) is 163 cm³/mol. The van der Waals surface area contributed by atoms with Crippen molar-refractivity contribution in [3.8, 4) is 0 Å². The Balaban J connectivity index is 1.75. The van der Waals surface area contributed by atoms with Crippen molar-refractivity contribution in [3.63, 3.8) is 0 Å². The number of hydrogen-bond acceptors (Lipinski definition) is 8. The lowest BCUT2D eigenvalue weighted by Gasteiger charge is -2.39. The van der Waals surface area contributed by atoms with Gasteiger partial charge in [0.15, 0.2) is 0 Å². The molecule has 0 bridgehead atoms. The van der Waals surface area contributed by atoms with E-state index < -0.39 is 0 Å². The first kappa shape index (κ1) is 37.3. The summed E-state index contributed by atoms with van der Waals surface area (Å²) in [5.41, 5.74) is 0. The van der Waals surface area contributed by atoms with Crippen molar-refractivity contribution in [3.05, 3.63) is 0 Å². The zero-order valence-electron chi connectivity index (χ0n) is 26.5. The Morgan fingerprint density at radius 3 is 1.65 bits per heavy atom. The van der Waals surface area contributed by atoms with Crippen molar-refractivity contribution in [1.82, 2.24) is 9.80 Å². The number of unbranched alkanes of at least 4 members (excludes halogenated alkanes) is 10. The van der Waals surface area contributed by atoms with E-state index in [0.29, 0.717) is 65.3 Å². The van der Waals surface area contributed by atoms with Gasteiger partial charge in [-0.3, -0.25) is 14.6 Å². The summed E-state index contributed by atoms with van der Waals surface area (Å²) < 4.78 is 27.5. The summed E-state index contributed by atoms with van der Waals surface area (Å²) in [5, 5.41) is 0. The van der Waals surface area contributed by atoms with Gasteiger partial charge in [-0.25, -0.2) is 0 Å². The molecule has 8 nitrogen and oxygen atoms in total. The average Bonchev–Trinajstić information content (AvgIpc) is 2.96. The van der Waals surface area contributed by atoms with Crippen LogP contribution in [0.2, 0.25) is 0 Å². The van der Waals surface area contributed by atoms with Gasteiger partial charge in [0, 0.05) is 38.8 Å². The van der Waals surface area contributed by atoms with Crippen LogP contribution >= 0.6 is 0 Å². The van der Waals surface area contributed by atoms with Gasteiger partial charge in [-0.2, -0.15) is 0 Å². The van der Waals surface area contributed by atoms with Crippen molar-refractivity contribution in [1.29, 1.82) is 0 Å². The first-order valence-electron chi connectivity index (χ1n) is 16.6. The molecule has 0 aromatic carbocycles. The minimum atomic E-state index is -0.148. The molecule has 0 aromatic rings.